The summed E-state index contributed by atoms with van der Waals surface area (Å²) in [6.45, 7) is 1.30. The van der Waals surface area contributed by atoms with Crippen LogP contribution in [0.15, 0.2) is 41.9 Å². The number of aliphatic hydroxyl groups excluding tert-OH is 1. The van der Waals surface area contributed by atoms with Crippen LogP contribution >= 0.6 is 11.3 Å². The largest absolute Gasteiger partial charge is 0.462 e. The Bertz CT molecular complexity index is 963. The molecule has 0 saturated heterocycles. The summed E-state index contributed by atoms with van der Waals surface area (Å²) < 4.78 is 46.3. The minimum absolute atomic E-state index is 0.0425. The Hall–Kier alpha value is -2.65. The number of aliphatic hydroxyl groups is 1. The van der Waals surface area contributed by atoms with Crippen molar-refractivity contribution in [1.82, 2.24) is 9.78 Å². The smallest absolute Gasteiger partial charge is 0.434 e. The number of aromatic nitrogens is 2. The standard InChI is InChI=1S/C18H15F3N2O3S/c1-2-26-17(25)14-9-22-23(16(14)18(19,20)21)13-5-3-4-11(8-13)15-12(10-24)6-7-27-15/h3-9,24H,2,10H2,1H3. The van der Waals surface area contributed by atoms with E-state index in [1.54, 1.807) is 23.6 Å². The number of hydrogen-bond donors (Lipinski definition) is 1. The quantitative estimate of drug-likeness (QED) is 0.654. The molecule has 1 N–H and O–H groups in total. The van der Waals surface area contributed by atoms with Crippen molar-refractivity contribution in [1.29, 1.82) is 0 Å². The maximum atomic E-state index is 13.6. The second-order valence-corrected chi connectivity index (χ2v) is 6.44. The van der Waals surface area contributed by atoms with E-state index in [1.165, 1.54) is 30.4 Å². The summed E-state index contributed by atoms with van der Waals surface area (Å²) in [5.41, 5.74) is -0.352. The van der Waals surface area contributed by atoms with E-state index in [0.717, 1.165) is 11.1 Å². The number of benzene rings is 1. The highest BCUT2D eigenvalue weighted by atomic mass is 32.1. The Balaban J connectivity index is 2.12. The minimum Gasteiger partial charge on any atom is -0.462 e. The summed E-state index contributed by atoms with van der Waals surface area (Å²) in [4.78, 5) is 12.6. The molecule has 0 fully saturated rings. The Morgan fingerprint density at radius 1 is 1.33 bits per heavy atom. The van der Waals surface area contributed by atoms with Gasteiger partial charge in [0.2, 0.25) is 0 Å². The fourth-order valence-corrected chi connectivity index (χ4v) is 3.58. The number of rotatable bonds is 5. The maximum Gasteiger partial charge on any atom is 0.434 e. The minimum atomic E-state index is -4.80. The third-order valence-corrected chi connectivity index (χ3v) is 4.81. The van der Waals surface area contributed by atoms with E-state index < -0.39 is 23.4 Å². The third-order valence-electron chi connectivity index (χ3n) is 3.80. The molecule has 0 bridgehead atoms. The van der Waals surface area contributed by atoms with Crippen LogP contribution in [-0.2, 0) is 17.5 Å². The normalized spacial score (nSPS) is 11.6. The van der Waals surface area contributed by atoms with Gasteiger partial charge in [-0.15, -0.1) is 11.3 Å². The van der Waals surface area contributed by atoms with E-state index in [1.807, 2.05) is 0 Å². The van der Waals surface area contributed by atoms with Crippen molar-refractivity contribution in [2.45, 2.75) is 19.7 Å². The molecule has 3 aromatic rings. The molecule has 0 aliphatic carbocycles. The predicted octanol–water partition coefficient (Wildman–Crippen LogP) is 4.29. The SMILES string of the molecule is CCOC(=O)c1cnn(-c2cccc(-c3sccc3CO)c2)c1C(F)(F)F. The van der Waals surface area contributed by atoms with Crippen molar-refractivity contribution in [3.05, 3.63) is 58.7 Å². The molecule has 0 amide bonds. The number of carbonyl (C=O) groups is 1. The zero-order valence-electron chi connectivity index (χ0n) is 14.2. The van der Waals surface area contributed by atoms with Gasteiger partial charge in [-0.3, -0.25) is 0 Å². The van der Waals surface area contributed by atoms with Crippen LogP contribution in [0.4, 0.5) is 13.2 Å². The number of halogens is 3. The highest BCUT2D eigenvalue weighted by Gasteiger charge is 2.41. The first-order chi connectivity index (χ1) is 12.9. The summed E-state index contributed by atoms with van der Waals surface area (Å²) in [6, 6.07) is 8.07. The lowest BCUT2D eigenvalue weighted by Crippen LogP contribution is -2.18. The van der Waals surface area contributed by atoms with E-state index in [4.69, 9.17) is 4.74 Å². The van der Waals surface area contributed by atoms with Crippen molar-refractivity contribution in [2.24, 2.45) is 0 Å². The molecule has 0 radical (unpaired) electrons. The fourth-order valence-electron chi connectivity index (χ4n) is 2.67. The van der Waals surface area contributed by atoms with Crippen LogP contribution in [0, 0.1) is 0 Å². The van der Waals surface area contributed by atoms with Crippen molar-refractivity contribution < 1.29 is 27.8 Å². The van der Waals surface area contributed by atoms with Gasteiger partial charge < -0.3 is 9.84 Å². The van der Waals surface area contributed by atoms with Gasteiger partial charge in [-0.1, -0.05) is 12.1 Å². The highest BCUT2D eigenvalue weighted by molar-refractivity contribution is 7.13. The first-order valence-corrected chi connectivity index (χ1v) is 8.85. The summed E-state index contributed by atoms with van der Waals surface area (Å²) in [5.74, 6) is -1.08. The van der Waals surface area contributed by atoms with Gasteiger partial charge in [-0.05, 0) is 41.6 Å². The number of esters is 1. The highest BCUT2D eigenvalue weighted by Crippen LogP contribution is 2.36. The molecular weight excluding hydrogens is 381 g/mol. The summed E-state index contributed by atoms with van der Waals surface area (Å²) in [6.07, 6.45) is -3.94. The Kier molecular flexibility index (Phi) is 5.33. The molecule has 2 aromatic heterocycles. The predicted molar refractivity (Wildman–Crippen MR) is 93.8 cm³/mol. The molecule has 1 aromatic carbocycles. The fraction of sp³-hybridized carbons (Fsp3) is 0.222. The number of carbonyl (C=O) groups excluding carboxylic acids is 1. The lowest BCUT2D eigenvalue weighted by Gasteiger charge is -2.13. The molecular formula is C18H15F3N2O3S. The number of nitrogens with zero attached hydrogens (tertiary/aromatic N) is 2. The molecule has 0 atom stereocenters. The first kappa shape index (κ1) is 19.1. The Labute approximate surface area is 156 Å². The second kappa shape index (κ2) is 7.53. The van der Waals surface area contributed by atoms with Gasteiger partial charge in [0.05, 0.1) is 25.1 Å². The van der Waals surface area contributed by atoms with Crippen LogP contribution in [-0.4, -0.2) is 27.5 Å². The Morgan fingerprint density at radius 3 is 2.78 bits per heavy atom. The molecule has 2 heterocycles. The maximum absolute atomic E-state index is 13.6. The monoisotopic (exact) mass is 396 g/mol. The van der Waals surface area contributed by atoms with Crippen LogP contribution in [0.25, 0.3) is 16.1 Å². The van der Waals surface area contributed by atoms with Gasteiger partial charge in [0.25, 0.3) is 0 Å². The zero-order chi connectivity index (χ0) is 19.6. The summed E-state index contributed by atoms with van der Waals surface area (Å²) in [7, 11) is 0. The van der Waals surface area contributed by atoms with E-state index in [2.05, 4.69) is 5.10 Å². The van der Waals surface area contributed by atoms with Crippen molar-refractivity contribution in [3.8, 4) is 16.1 Å². The van der Waals surface area contributed by atoms with Crippen LogP contribution in [0.1, 0.15) is 28.5 Å². The van der Waals surface area contributed by atoms with Crippen LogP contribution in [0.5, 0.6) is 0 Å². The Morgan fingerprint density at radius 2 is 2.11 bits per heavy atom. The molecule has 27 heavy (non-hydrogen) atoms. The average Bonchev–Trinajstić information content (AvgIpc) is 3.28. The molecule has 3 rings (SSSR count). The van der Waals surface area contributed by atoms with Crippen molar-refractivity contribution in [2.75, 3.05) is 6.61 Å². The molecule has 0 aliphatic heterocycles. The topological polar surface area (TPSA) is 64.3 Å². The third kappa shape index (κ3) is 3.74. The van der Waals surface area contributed by atoms with Crippen LogP contribution in [0.2, 0.25) is 0 Å². The van der Waals surface area contributed by atoms with Gasteiger partial charge in [0.15, 0.2) is 5.69 Å². The second-order valence-electron chi connectivity index (χ2n) is 5.52. The lowest BCUT2D eigenvalue weighted by atomic mass is 10.1. The molecule has 142 valence electrons. The summed E-state index contributed by atoms with van der Waals surface area (Å²) in [5, 5.41) is 15.0. The van der Waals surface area contributed by atoms with Gasteiger partial charge >= 0.3 is 12.1 Å². The zero-order valence-corrected chi connectivity index (χ0v) is 15.0. The molecule has 0 saturated carbocycles. The molecule has 0 unspecified atom stereocenters. The van der Waals surface area contributed by atoms with Crippen LogP contribution < -0.4 is 0 Å². The summed E-state index contributed by atoms with van der Waals surface area (Å²) >= 11 is 1.37. The molecule has 0 spiro atoms. The number of ether oxygens (including phenoxy) is 1. The van der Waals surface area contributed by atoms with E-state index in [0.29, 0.717) is 15.8 Å². The average molecular weight is 396 g/mol. The molecule has 0 aliphatic rings. The van der Waals surface area contributed by atoms with Gasteiger partial charge in [-0.2, -0.15) is 18.3 Å². The molecule has 9 heteroatoms. The van der Waals surface area contributed by atoms with Crippen molar-refractivity contribution in [3.63, 3.8) is 0 Å². The first-order valence-electron chi connectivity index (χ1n) is 7.97. The van der Waals surface area contributed by atoms with Gasteiger partial charge in [0, 0.05) is 4.88 Å². The van der Waals surface area contributed by atoms with E-state index in [9.17, 15) is 23.1 Å². The van der Waals surface area contributed by atoms with Crippen LogP contribution in [0.3, 0.4) is 0 Å². The number of hydrogen-bond acceptors (Lipinski definition) is 5. The molecule has 5 nitrogen and oxygen atoms in total. The number of alkyl halides is 3. The van der Waals surface area contributed by atoms with Crippen molar-refractivity contribution >= 4 is 17.3 Å². The number of thiophene rings is 1. The van der Waals surface area contributed by atoms with E-state index >= 15 is 0 Å². The van der Waals surface area contributed by atoms with Gasteiger partial charge in [-0.25, -0.2) is 9.48 Å². The van der Waals surface area contributed by atoms with Gasteiger partial charge in [0.1, 0.15) is 5.56 Å². The van der Waals surface area contributed by atoms with E-state index in [-0.39, 0.29) is 18.9 Å². The lowest BCUT2D eigenvalue weighted by molar-refractivity contribution is -0.143.